The molecule has 1 amide bonds. The number of pyridine rings is 1. The Kier molecular flexibility index (Phi) is 3.93. The van der Waals surface area contributed by atoms with Crippen LogP contribution in [0.4, 0.5) is 0 Å². The summed E-state index contributed by atoms with van der Waals surface area (Å²) < 4.78 is 2.00. The van der Waals surface area contributed by atoms with Crippen molar-refractivity contribution in [2.45, 2.75) is 26.4 Å². The number of nitrogens with zero attached hydrogens (tertiary/aromatic N) is 5. The number of carbonyl (C=O) groups excluding carboxylic acids is 1. The third kappa shape index (κ3) is 2.85. The van der Waals surface area contributed by atoms with Crippen molar-refractivity contribution < 1.29 is 4.79 Å². The molecule has 3 aromatic heterocycles. The molecule has 0 radical (unpaired) electrons. The Bertz CT molecular complexity index is 1160. The van der Waals surface area contributed by atoms with Crippen LogP contribution < -0.4 is 0 Å². The van der Waals surface area contributed by atoms with Crippen molar-refractivity contribution in [1.29, 1.82) is 0 Å². The molecule has 140 valence electrons. The van der Waals surface area contributed by atoms with Gasteiger partial charge in [0.2, 0.25) is 0 Å². The zero-order valence-corrected chi connectivity index (χ0v) is 15.6. The van der Waals surface area contributed by atoms with Gasteiger partial charge in [-0.2, -0.15) is 5.10 Å². The van der Waals surface area contributed by atoms with Gasteiger partial charge in [0.05, 0.1) is 24.1 Å². The van der Waals surface area contributed by atoms with Gasteiger partial charge in [-0.15, -0.1) is 0 Å². The van der Waals surface area contributed by atoms with Gasteiger partial charge in [0.25, 0.3) is 5.91 Å². The van der Waals surface area contributed by atoms with Crippen LogP contribution in [-0.4, -0.2) is 42.1 Å². The summed E-state index contributed by atoms with van der Waals surface area (Å²) in [5.41, 5.74) is 6.49. The monoisotopic (exact) mass is 372 g/mol. The molecule has 1 N–H and O–H groups in total. The van der Waals surface area contributed by atoms with E-state index >= 15 is 0 Å². The van der Waals surface area contributed by atoms with E-state index in [-0.39, 0.29) is 5.91 Å². The first-order valence-corrected chi connectivity index (χ1v) is 9.36. The summed E-state index contributed by atoms with van der Waals surface area (Å²) in [6.07, 6.45) is 4.21. The number of aryl methyl sites for hydroxylation is 1. The molecule has 7 heteroatoms. The molecule has 7 nitrogen and oxygen atoms in total. The SMILES string of the molecule is Cc1[nH]nc2c1CN(C(=O)c1cnc3c(c1)ncn3Cc1ccccc1)CC2. The maximum atomic E-state index is 13.0. The number of hydrogen-bond acceptors (Lipinski definition) is 4. The van der Waals surface area contributed by atoms with E-state index in [4.69, 9.17) is 0 Å². The van der Waals surface area contributed by atoms with E-state index in [1.165, 1.54) is 5.56 Å². The smallest absolute Gasteiger partial charge is 0.255 e. The lowest BCUT2D eigenvalue weighted by Gasteiger charge is -2.26. The van der Waals surface area contributed by atoms with Gasteiger partial charge in [0.15, 0.2) is 5.65 Å². The average Bonchev–Trinajstić information content (AvgIpc) is 3.31. The average molecular weight is 372 g/mol. The predicted molar refractivity (Wildman–Crippen MR) is 105 cm³/mol. The van der Waals surface area contributed by atoms with E-state index in [0.717, 1.165) is 34.5 Å². The van der Waals surface area contributed by atoms with Crippen LogP contribution >= 0.6 is 0 Å². The van der Waals surface area contributed by atoms with E-state index in [1.807, 2.05) is 40.7 Å². The molecule has 0 saturated heterocycles. The quantitative estimate of drug-likeness (QED) is 0.600. The highest BCUT2D eigenvalue weighted by Gasteiger charge is 2.25. The second kappa shape index (κ2) is 6.60. The van der Waals surface area contributed by atoms with Gasteiger partial charge in [0.1, 0.15) is 5.52 Å². The Balaban J connectivity index is 1.40. The van der Waals surface area contributed by atoms with Crippen LogP contribution in [0.15, 0.2) is 48.9 Å². The number of amides is 1. The van der Waals surface area contributed by atoms with E-state index in [2.05, 4.69) is 32.3 Å². The largest absolute Gasteiger partial charge is 0.334 e. The van der Waals surface area contributed by atoms with Crippen LogP contribution in [0.25, 0.3) is 11.2 Å². The minimum Gasteiger partial charge on any atom is -0.334 e. The maximum Gasteiger partial charge on any atom is 0.255 e. The van der Waals surface area contributed by atoms with Gasteiger partial charge >= 0.3 is 0 Å². The Labute approximate surface area is 162 Å². The van der Waals surface area contributed by atoms with Crippen LogP contribution in [0.5, 0.6) is 0 Å². The second-order valence-electron chi connectivity index (χ2n) is 7.18. The van der Waals surface area contributed by atoms with Gasteiger partial charge in [-0.1, -0.05) is 30.3 Å². The van der Waals surface area contributed by atoms with Gasteiger partial charge in [0, 0.05) is 37.0 Å². The number of H-pyrrole nitrogens is 1. The minimum absolute atomic E-state index is 0.0155. The zero-order valence-electron chi connectivity index (χ0n) is 15.6. The Morgan fingerprint density at radius 2 is 2.07 bits per heavy atom. The van der Waals surface area contributed by atoms with Crippen LogP contribution in [0.1, 0.15) is 32.9 Å². The molecule has 0 unspecified atom stereocenters. The van der Waals surface area contributed by atoms with Gasteiger partial charge in [-0.3, -0.25) is 9.89 Å². The number of aromatic nitrogens is 5. The normalized spacial score (nSPS) is 13.7. The highest BCUT2D eigenvalue weighted by molar-refractivity contribution is 5.96. The molecule has 1 aliphatic heterocycles. The number of imidazole rings is 1. The van der Waals surface area contributed by atoms with Crippen molar-refractivity contribution in [2.24, 2.45) is 0 Å². The zero-order chi connectivity index (χ0) is 19.1. The number of carbonyl (C=O) groups is 1. The number of hydrogen-bond donors (Lipinski definition) is 1. The first kappa shape index (κ1) is 16.7. The number of benzene rings is 1. The van der Waals surface area contributed by atoms with Crippen LogP contribution in [-0.2, 0) is 19.5 Å². The fourth-order valence-corrected chi connectivity index (χ4v) is 3.75. The molecule has 0 bridgehead atoms. The molecular weight excluding hydrogens is 352 g/mol. The van der Waals surface area contributed by atoms with Crippen LogP contribution in [0, 0.1) is 6.92 Å². The number of nitrogens with one attached hydrogen (secondary N) is 1. The lowest BCUT2D eigenvalue weighted by Crippen LogP contribution is -2.36. The first-order chi connectivity index (χ1) is 13.7. The minimum atomic E-state index is -0.0155. The molecule has 28 heavy (non-hydrogen) atoms. The summed E-state index contributed by atoms with van der Waals surface area (Å²) in [4.78, 5) is 23.9. The molecule has 0 aliphatic carbocycles. The summed E-state index contributed by atoms with van der Waals surface area (Å²) in [5, 5.41) is 7.32. The highest BCUT2D eigenvalue weighted by atomic mass is 16.2. The highest BCUT2D eigenvalue weighted by Crippen LogP contribution is 2.22. The van der Waals surface area contributed by atoms with E-state index < -0.39 is 0 Å². The van der Waals surface area contributed by atoms with Crippen LogP contribution in [0.3, 0.4) is 0 Å². The van der Waals surface area contributed by atoms with Crippen molar-refractivity contribution in [2.75, 3.05) is 6.54 Å². The lowest BCUT2D eigenvalue weighted by molar-refractivity contribution is 0.0734. The molecule has 5 rings (SSSR count). The second-order valence-corrected chi connectivity index (χ2v) is 7.18. The first-order valence-electron chi connectivity index (χ1n) is 9.36. The molecule has 0 spiro atoms. The Morgan fingerprint density at radius 1 is 1.21 bits per heavy atom. The number of rotatable bonds is 3. The molecule has 0 saturated carbocycles. The van der Waals surface area contributed by atoms with E-state index in [9.17, 15) is 4.79 Å². The van der Waals surface area contributed by atoms with Crippen molar-refractivity contribution in [3.05, 3.63) is 77.0 Å². The summed E-state index contributed by atoms with van der Waals surface area (Å²) in [6, 6.07) is 12.0. The third-order valence-corrected chi connectivity index (χ3v) is 5.31. The topological polar surface area (TPSA) is 79.7 Å². The van der Waals surface area contributed by atoms with Crippen molar-refractivity contribution in [3.8, 4) is 0 Å². The standard InChI is InChI=1S/C21H20N6O/c1-14-17-12-26(8-7-18(17)25-24-14)21(28)16-9-19-20(22-10-16)27(13-23-19)11-15-5-3-2-4-6-15/h2-6,9-10,13H,7-8,11-12H2,1H3,(H,24,25). The maximum absolute atomic E-state index is 13.0. The summed E-state index contributed by atoms with van der Waals surface area (Å²) in [7, 11) is 0. The summed E-state index contributed by atoms with van der Waals surface area (Å²) in [6.45, 7) is 3.94. The summed E-state index contributed by atoms with van der Waals surface area (Å²) in [5.74, 6) is -0.0155. The molecular formula is C21H20N6O. The number of aromatic amines is 1. The van der Waals surface area contributed by atoms with Gasteiger partial charge in [-0.25, -0.2) is 9.97 Å². The molecule has 4 heterocycles. The summed E-state index contributed by atoms with van der Waals surface area (Å²) >= 11 is 0. The lowest BCUT2D eigenvalue weighted by atomic mass is 10.0. The number of fused-ring (bicyclic) bond motifs is 2. The molecule has 1 aromatic carbocycles. The van der Waals surface area contributed by atoms with E-state index in [0.29, 0.717) is 25.2 Å². The van der Waals surface area contributed by atoms with Crippen LogP contribution in [0.2, 0.25) is 0 Å². The predicted octanol–water partition coefficient (Wildman–Crippen LogP) is 2.71. The van der Waals surface area contributed by atoms with E-state index in [1.54, 1.807) is 12.5 Å². The molecule has 1 aliphatic rings. The van der Waals surface area contributed by atoms with Gasteiger partial charge in [-0.05, 0) is 18.6 Å². The van der Waals surface area contributed by atoms with Crippen molar-refractivity contribution >= 4 is 17.1 Å². The molecule has 0 atom stereocenters. The Morgan fingerprint density at radius 3 is 2.93 bits per heavy atom. The molecule has 4 aromatic rings. The fraction of sp³-hybridized carbons (Fsp3) is 0.238. The van der Waals surface area contributed by atoms with Crippen molar-refractivity contribution in [1.82, 2.24) is 29.6 Å². The molecule has 0 fully saturated rings. The van der Waals surface area contributed by atoms with Gasteiger partial charge < -0.3 is 9.47 Å². The third-order valence-electron chi connectivity index (χ3n) is 5.31. The Hall–Kier alpha value is -3.48. The fourth-order valence-electron chi connectivity index (χ4n) is 3.75. The van der Waals surface area contributed by atoms with Crippen molar-refractivity contribution in [3.63, 3.8) is 0 Å².